The SMILES string of the molecule is O=C(Cc1cn[nH]c1)NOC1CCCCO1. The van der Waals surface area contributed by atoms with Crippen LogP contribution >= 0.6 is 0 Å². The van der Waals surface area contributed by atoms with Gasteiger partial charge in [0.1, 0.15) is 0 Å². The lowest BCUT2D eigenvalue weighted by Gasteiger charge is -2.21. The molecule has 6 nitrogen and oxygen atoms in total. The molecule has 1 aliphatic rings. The van der Waals surface area contributed by atoms with Gasteiger partial charge in [-0.1, -0.05) is 0 Å². The third-order valence-corrected chi connectivity index (χ3v) is 2.36. The third-order valence-electron chi connectivity index (χ3n) is 2.36. The molecule has 1 fully saturated rings. The molecular weight excluding hydrogens is 210 g/mol. The second-order valence-electron chi connectivity index (χ2n) is 3.72. The minimum atomic E-state index is -0.304. The second kappa shape index (κ2) is 5.62. The van der Waals surface area contributed by atoms with Crippen molar-refractivity contribution < 1.29 is 14.4 Å². The largest absolute Gasteiger partial charge is 0.350 e. The van der Waals surface area contributed by atoms with Crippen molar-refractivity contribution in [2.24, 2.45) is 0 Å². The van der Waals surface area contributed by atoms with Gasteiger partial charge in [-0.25, -0.2) is 10.3 Å². The van der Waals surface area contributed by atoms with E-state index in [2.05, 4.69) is 15.7 Å². The maximum atomic E-state index is 11.4. The van der Waals surface area contributed by atoms with Crippen LogP contribution in [0, 0.1) is 0 Å². The average molecular weight is 225 g/mol. The summed E-state index contributed by atoms with van der Waals surface area (Å²) in [4.78, 5) is 16.6. The second-order valence-corrected chi connectivity index (χ2v) is 3.72. The van der Waals surface area contributed by atoms with Crippen molar-refractivity contribution in [1.82, 2.24) is 15.7 Å². The summed E-state index contributed by atoms with van der Waals surface area (Å²) in [7, 11) is 0. The molecular formula is C10H15N3O3. The summed E-state index contributed by atoms with van der Waals surface area (Å²) in [6.07, 6.45) is 6.19. The van der Waals surface area contributed by atoms with Crippen molar-refractivity contribution >= 4 is 5.91 Å². The highest BCUT2D eigenvalue weighted by molar-refractivity contribution is 5.77. The fourth-order valence-corrected chi connectivity index (χ4v) is 1.53. The monoisotopic (exact) mass is 225 g/mol. The minimum Gasteiger partial charge on any atom is -0.350 e. The molecule has 0 radical (unpaired) electrons. The molecule has 6 heteroatoms. The molecule has 2 heterocycles. The van der Waals surface area contributed by atoms with Crippen molar-refractivity contribution in [2.75, 3.05) is 6.61 Å². The summed E-state index contributed by atoms with van der Waals surface area (Å²) < 4.78 is 5.31. The summed E-state index contributed by atoms with van der Waals surface area (Å²) in [6, 6.07) is 0. The van der Waals surface area contributed by atoms with E-state index >= 15 is 0 Å². The van der Waals surface area contributed by atoms with Crippen LogP contribution in [0.5, 0.6) is 0 Å². The molecule has 88 valence electrons. The van der Waals surface area contributed by atoms with Crippen molar-refractivity contribution in [3.8, 4) is 0 Å². The normalized spacial score (nSPS) is 20.6. The van der Waals surface area contributed by atoms with Gasteiger partial charge in [-0.2, -0.15) is 5.10 Å². The number of hydrogen-bond donors (Lipinski definition) is 2. The van der Waals surface area contributed by atoms with Crippen LogP contribution in [0.4, 0.5) is 0 Å². The van der Waals surface area contributed by atoms with Gasteiger partial charge in [0.15, 0.2) is 6.29 Å². The Labute approximate surface area is 93.3 Å². The number of carbonyl (C=O) groups is 1. The number of carbonyl (C=O) groups excluding carboxylic acids is 1. The zero-order valence-electron chi connectivity index (χ0n) is 8.94. The third kappa shape index (κ3) is 3.32. The van der Waals surface area contributed by atoms with Gasteiger partial charge < -0.3 is 4.74 Å². The number of hydroxylamine groups is 1. The lowest BCUT2D eigenvalue weighted by Crippen LogP contribution is -2.33. The molecule has 1 aromatic heterocycles. The Bertz CT molecular complexity index is 320. The van der Waals surface area contributed by atoms with Gasteiger partial charge in [0.2, 0.25) is 5.91 Å². The quantitative estimate of drug-likeness (QED) is 0.733. The molecule has 2 rings (SSSR count). The highest BCUT2D eigenvalue weighted by atomic mass is 16.8. The molecule has 1 saturated heterocycles. The zero-order chi connectivity index (χ0) is 11.2. The molecule has 0 spiro atoms. The molecule has 0 bridgehead atoms. The van der Waals surface area contributed by atoms with Crippen LogP contribution in [0.3, 0.4) is 0 Å². The maximum Gasteiger partial charge on any atom is 0.248 e. The number of nitrogens with one attached hydrogen (secondary N) is 2. The molecule has 0 saturated carbocycles. The Morgan fingerprint density at radius 3 is 3.31 bits per heavy atom. The van der Waals surface area contributed by atoms with Crippen LogP contribution in [-0.4, -0.2) is 29.0 Å². The van der Waals surface area contributed by atoms with Gasteiger partial charge in [-0.05, 0) is 18.4 Å². The number of H-pyrrole nitrogens is 1. The summed E-state index contributed by atoms with van der Waals surface area (Å²) in [6.45, 7) is 0.697. The molecule has 1 amide bonds. The Kier molecular flexibility index (Phi) is 3.90. The zero-order valence-corrected chi connectivity index (χ0v) is 8.94. The summed E-state index contributed by atoms with van der Waals surface area (Å²) in [5, 5.41) is 6.40. The van der Waals surface area contributed by atoms with Crippen LogP contribution in [0.15, 0.2) is 12.4 Å². The number of amides is 1. The average Bonchev–Trinajstić information content (AvgIpc) is 2.81. The van der Waals surface area contributed by atoms with Gasteiger partial charge in [0.25, 0.3) is 0 Å². The molecule has 0 aromatic carbocycles. The van der Waals surface area contributed by atoms with E-state index in [9.17, 15) is 4.79 Å². The molecule has 2 N–H and O–H groups in total. The topological polar surface area (TPSA) is 76.2 Å². The molecule has 1 atom stereocenters. The van der Waals surface area contributed by atoms with Crippen molar-refractivity contribution in [2.45, 2.75) is 32.0 Å². The van der Waals surface area contributed by atoms with E-state index in [4.69, 9.17) is 9.57 Å². The van der Waals surface area contributed by atoms with E-state index in [0.717, 1.165) is 24.8 Å². The predicted octanol–water partition coefficient (Wildman–Crippen LogP) is 0.527. The van der Waals surface area contributed by atoms with Gasteiger partial charge in [-0.3, -0.25) is 9.89 Å². The summed E-state index contributed by atoms with van der Waals surface area (Å²) in [5.41, 5.74) is 3.21. The number of rotatable bonds is 4. The number of ether oxygens (including phenoxy) is 1. The first-order valence-corrected chi connectivity index (χ1v) is 5.38. The highest BCUT2D eigenvalue weighted by Gasteiger charge is 2.15. The number of aromatic nitrogens is 2. The van der Waals surface area contributed by atoms with E-state index in [0.29, 0.717) is 6.61 Å². The van der Waals surface area contributed by atoms with Crippen LogP contribution in [0.2, 0.25) is 0 Å². The number of nitrogens with zero attached hydrogens (tertiary/aromatic N) is 1. The van der Waals surface area contributed by atoms with Crippen LogP contribution in [0.25, 0.3) is 0 Å². The van der Waals surface area contributed by atoms with Crippen molar-refractivity contribution in [1.29, 1.82) is 0 Å². The molecule has 1 aliphatic heterocycles. The fraction of sp³-hybridized carbons (Fsp3) is 0.600. The minimum absolute atomic E-state index is 0.199. The lowest BCUT2D eigenvalue weighted by atomic mass is 10.2. The Balaban J connectivity index is 1.67. The van der Waals surface area contributed by atoms with E-state index in [1.54, 1.807) is 12.4 Å². The number of aromatic amines is 1. The fourth-order valence-electron chi connectivity index (χ4n) is 1.53. The lowest BCUT2D eigenvalue weighted by molar-refractivity contribution is -0.200. The summed E-state index contributed by atoms with van der Waals surface area (Å²) in [5.74, 6) is -0.199. The van der Waals surface area contributed by atoms with Gasteiger partial charge in [0.05, 0.1) is 12.6 Å². The van der Waals surface area contributed by atoms with E-state index in [-0.39, 0.29) is 18.6 Å². The van der Waals surface area contributed by atoms with Gasteiger partial charge >= 0.3 is 0 Å². The maximum absolute atomic E-state index is 11.4. The Morgan fingerprint density at radius 1 is 1.69 bits per heavy atom. The van der Waals surface area contributed by atoms with E-state index in [1.165, 1.54) is 0 Å². The van der Waals surface area contributed by atoms with Crippen molar-refractivity contribution in [3.05, 3.63) is 18.0 Å². The molecule has 1 unspecified atom stereocenters. The standard InChI is InChI=1S/C10H15N3O3/c14-9(5-8-6-11-12-7-8)13-16-10-3-1-2-4-15-10/h6-7,10H,1-5H2,(H,11,12)(H,13,14). The predicted molar refractivity (Wildman–Crippen MR) is 55.1 cm³/mol. The number of hydrogen-bond acceptors (Lipinski definition) is 4. The highest BCUT2D eigenvalue weighted by Crippen LogP contribution is 2.12. The smallest absolute Gasteiger partial charge is 0.248 e. The van der Waals surface area contributed by atoms with Crippen molar-refractivity contribution in [3.63, 3.8) is 0 Å². The van der Waals surface area contributed by atoms with Gasteiger partial charge in [-0.15, -0.1) is 0 Å². The first-order valence-electron chi connectivity index (χ1n) is 5.38. The Hall–Kier alpha value is -1.40. The van der Waals surface area contributed by atoms with Crippen LogP contribution < -0.4 is 5.48 Å². The van der Waals surface area contributed by atoms with Gasteiger partial charge in [0, 0.05) is 19.2 Å². The molecule has 16 heavy (non-hydrogen) atoms. The first-order chi connectivity index (χ1) is 7.84. The van der Waals surface area contributed by atoms with Crippen LogP contribution in [0.1, 0.15) is 24.8 Å². The molecule has 0 aliphatic carbocycles. The van der Waals surface area contributed by atoms with E-state index < -0.39 is 0 Å². The molecule has 1 aromatic rings. The summed E-state index contributed by atoms with van der Waals surface area (Å²) >= 11 is 0. The first kappa shape index (κ1) is 11.1. The Morgan fingerprint density at radius 2 is 2.62 bits per heavy atom. The van der Waals surface area contributed by atoms with E-state index in [1.807, 2.05) is 0 Å². The van der Waals surface area contributed by atoms with Crippen LogP contribution in [-0.2, 0) is 20.8 Å².